The van der Waals surface area contributed by atoms with Crippen molar-refractivity contribution in [1.29, 1.82) is 0 Å². The zero-order chi connectivity index (χ0) is 12.8. The normalized spacial score (nSPS) is 12.3. The van der Waals surface area contributed by atoms with Crippen LogP contribution < -0.4 is 4.74 Å². The number of carbonyl (C=O) groups excluding carboxylic acids is 1. The average Bonchev–Trinajstić information content (AvgIpc) is 2.35. The third kappa shape index (κ3) is 4.07. The van der Waals surface area contributed by atoms with E-state index in [1.54, 1.807) is 31.4 Å². The lowest BCUT2D eigenvalue weighted by Gasteiger charge is -2.19. The Balaban J connectivity index is 2.57. The molecule has 0 aliphatic carbocycles. The van der Waals surface area contributed by atoms with Gasteiger partial charge in [-0.15, -0.1) is 0 Å². The van der Waals surface area contributed by atoms with Gasteiger partial charge in [-0.25, -0.2) is 4.79 Å². The summed E-state index contributed by atoms with van der Waals surface area (Å²) in [7, 11) is 5.46. The van der Waals surface area contributed by atoms with Gasteiger partial charge in [0.05, 0.1) is 12.7 Å². The number of nitrogens with zero attached hydrogens (tertiary/aromatic N) is 1. The van der Waals surface area contributed by atoms with Gasteiger partial charge in [0, 0.05) is 6.04 Å². The van der Waals surface area contributed by atoms with E-state index >= 15 is 0 Å². The van der Waals surface area contributed by atoms with E-state index in [4.69, 9.17) is 9.47 Å². The summed E-state index contributed by atoms with van der Waals surface area (Å²) < 4.78 is 10.3. The number of hydrogen-bond donors (Lipinski definition) is 0. The van der Waals surface area contributed by atoms with Gasteiger partial charge in [0.25, 0.3) is 0 Å². The maximum atomic E-state index is 11.7. The predicted octanol–water partition coefficient (Wildman–Crippen LogP) is 1.80. The lowest BCUT2D eigenvalue weighted by Crippen LogP contribution is -2.30. The van der Waals surface area contributed by atoms with Gasteiger partial charge in [0.2, 0.25) is 0 Å². The van der Waals surface area contributed by atoms with Crippen LogP contribution in [0.2, 0.25) is 0 Å². The van der Waals surface area contributed by atoms with E-state index in [9.17, 15) is 4.79 Å². The average molecular weight is 237 g/mol. The maximum absolute atomic E-state index is 11.7. The van der Waals surface area contributed by atoms with Crippen molar-refractivity contribution in [3.8, 4) is 5.75 Å². The first-order chi connectivity index (χ1) is 8.04. The van der Waals surface area contributed by atoms with Crippen molar-refractivity contribution < 1.29 is 14.3 Å². The summed E-state index contributed by atoms with van der Waals surface area (Å²) in [6, 6.07) is 7.14. The van der Waals surface area contributed by atoms with Gasteiger partial charge in [-0.2, -0.15) is 0 Å². The van der Waals surface area contributed by atoms with Crippen LogP contribution >= 0.6 is 0 Å². The van der Waals surface area contributed by atoms with Crippen LogP contribution in [-0.2, 0) is 4.74 Å². The highest BCUT2D eigenvalue weighted by molar-refractivity contribution is 5.89. The van der Waals surface area contributed by atoms with Gasteiger partial charge < -0.3 is 14.4 Å². The van der Waals surface area contributed by atoms with Crippen LogP contribution in [0.4, 0.5) is 0 Å². The molecule has 0 N–H and O–H groups in total. The summed E-state index contributed by atoms with van der Waals surface area (Å²) in [6.07, 6.45) is 0. The van der Waals surface area contributed by atoms with Gasteiger partial charge in [0.15, 0.2) is 0 Å². The van der Waals surface area contributed by atoms with Crippen LogP contribution in [0.1, 0.15) is 17.3 Å². The summed E-state index contributed by atoms with van der Waals surface area (Å²) in [5.74, 6) is 0.331. The summed E-state index contributed by atoms with van der Waals surface area (Å²) in [6.45, 7) is 2.38. The molecule has 4 heteroatoms. The molecule has 0 aliphatic rings. The molecule has 0 amide bonds. The zero-order valence-corrected chi connectivity index (χ0v) is 10.8. The Morgan fingerprint density at radius 2 is 2.12 bits per heavy atom. The van der Waals surface area contributed by atoms with Crippen molar-refractivity contribution in [2.45, 2.75) is 13.0 Å². The maximum Gasteiger partial charge on any atom is 0.338 e. The minimum absolute atomic E-state index is 0.199. The van der Waals surface area contributed by atoms with E-state index < -0.39 is 0 Å². The molecule has 1 atom stereocenters. The standard InChI is InChI=1S/C13H19NO3/c1-10(14(2)3)9-17-13(15)11-6-5-7-12(8-11)16-4/h5-8,10H,9H2,1-4H3/t10-/m1/s1. The molecule has 1 aromatic rings. The number of benzene rings is 1. The number of ether oxygens (including phenoxy) is 2. The lowest BCUT2D eigenvalue weighted by atomic mass is 10.2. The van der Waals surface area contributed by atoms with Crippen molar-refractivity contribution in [3.05, 3.63) is 29.8 Å². The monoisotopic (exact) mass is 237 g/mol. The van der Waals surface area contributed by atoms with E-state index in [1.807, 2.05) is 25.9 Å². The highest BCUT2D eigenvalue weighted by Gasteiger charge is 2.11. The fraction of sp³-hybridized carbons (Fsp3) is 0.462. The van der Waals surface area contributed by atoms with Crippen molar-refractivity contribution in [2.75, 3.05) is 27.8 Å². The number of rotatable bonds is 5. The Labute approximate surface area is 102 Å². The molecule has 0 bridgehead atoms. The van der Waals surface area contributed by atoms with E-state index in [-0.39, 0.29) is 12.0 Å². The van der Waals surface area contributed by atoms with Crippen molar-refractivity contribution in [3.63, 3.8) is 0 Å². The van der Waals surface area contributed by atoms with Crippen molar-refractivity contribution >= 4 is 5.97 Å². The number of carbonyl (C=O) groups is 1. The van der Waals surface area contributed by atoms with Crippen LogP contribution in [0.3, 0.4) is 0 Å². The quantitative estimate of drug-likeness (QED) is 0.732. The Kier molecular flexibility index (Phi) is 4.97. The third-order valence-electron chi connectivity index (χ3n) is 2.64. The SMILES string of the molecule is COc1cccc(C(=O)OC[C@@H](C)N(C)C)c1. The molecule has 1 rings (SSSR count). The molecule has 0 saturated carbocycles. The van der Waals surface area contributed by atoms with Gasteiger partial charge in [-0.05, 0) is 39.2 Å². The van der Waals surface area contributed by atoms with Crippen LogP contribution in [0.5, 0.6) is 5.75 Å². The highest BCUT2D eigenvalue weighted by Crippen LogP contribution is 2.13. The number of esters is 1. The molecule has 0 unspecified atom stereocenters. The molecule has 94 valence electrons. The van der Waals surface area contributed by atoms with E-state index in [0.717, 1.165) is 0 Å². The first-order valence-corrected chi connectivity index (χ1v) is 5.52. The fourth-order valence-corrected chi connectivity index (χ4v) is 1.18. The predicted molar refractivity (Wildman–Crippen MR) is 66.4 cm³/mol. The Bertz CT molecular complexity index is 377. The summed E-state index contributed by atoms with van der Waals surface area (Å²) in [5, 5.41) is 0. The third-order valence-corrected chi connectivity index (χ3v) is 2.64. The van der Waals surface area contributed by atoms with E-state index in [0.29, 0.717) is 17.9 Å². The summed E-state index contributed by atoms with van der Waals surface area (Å²) in [5.41, 5.74) is 0.510. The largest absolute Gasteiger partial charge is 0.497 e. The topological polar surface area (TPSA) is 38.8 Å². The van der Waals surface area contributed by atoms with Gasteiger partial charge in [-0.3, -0.25) is 0 Å². The van der Waals surface area contributed by atoms with Crippen LogP contribution in [0.25, 0.3) is 0 Å². The Hall–Kier alpha value is -1.55. The van der Waals surface area contributed by atoms with Crippen LogP contribution in [0, 0.1) is 0 Å². The first kappa shape index (κ1) is 13.5. The van der Waals surface area contributed by atoms with Crippen LogP contribution in [-0.4, -0.2) is 44.7 Å². The lowest BCUT2D eigenvalue weighted by molar-refractivity contribution is 0.0416. The molecule has 4 nitrogen and oxygen atoms in total. The molecule has 0 aliphatic heterocycles. The Morgan fingerprint density at radius 3 is 2.71 bits per heavy atom. The minimum Gasteiger partial charge on any atom is -0.497 e. The second-order valence-electron chi connectivity index (χ2n) is 4.14. The van der Waals surface area contributed by atoms with E-state index in [2.05, 4.69) is 0 Å². The number of likely N-dealkylation sites (N-methyl/N-ethyl adjacent to an activating group) is 1. The summed E-state index contributed by atoms with van der Waals surface area (Å²) >= 11 is 0. The molecule has 0 radical (unpaired) electrons. The fourth-order valence-electron chi connectivity index (χ4n) is 1.18. The second kappa shape index (κ2) is 6.25. The molecule has 0 aromatic heterocycles. The van der Waals surface area contributed by atoms with Crippen molar-refractivity contribution in [2.24, 2.45) is 0 Å². The molecule has 17 heavy (non-hydrogen) atoms. The van der Waals surface area contributed by atoms with E-state index in [1.165, 1.54) is 0 Å². The highest BCUT2D eigenvalue weighted by atomic mass is 16.5. The van der Waals surface area contributed by atoms with Crippen LogP contribution in [0.15, 0.2) is 24.3 Å². The number of hydrogen-bond acceptors (Lipinski definition) is 4. The smallest absolute Gasteiger partial charge is 0.338 e. The molecule has 0 spiro atoms. The molecular formula is C13H19NO3. The number of methoxy groups -OCH3 is 1. The molecule has 0 heterocycles. The minimum atomic E-state index is -0.322. The van der Waals surface area contributed by atoms with Gasteiger partial charge >= 0.3 is 5.97 Å². The Morgan fingerprint density at radius 1 is 1.41 bits per heavy atom. The first-order valence-electron chi connectivity index (χ1n) is 5.52. The zero-order valence-electron chi connectivity index (χ0n) is 10.8. The van der Waals surface area contributed by atoms with Crippen molar-refractivity contribution in [1.82, 2.24) is 4.90 Å². The molecular weight excluding hydrogens is 218 g/mol. The molecule has 0 fully saturated rings. The van der Waals surface area contributed by atoms with Gasteiger partial charge in [0.1, 0.15) is 12.4 Å². The summed E-state index contributed by atoms with van der Waals surface area (Å²) in [4.78, 5) is 13.7. The molecule has 0 saturated heterocycles. The second-order valence-corrected chi connectivity index (χ2v) is 4.14. The van der Waals surface area contributed by atoms with Gasteiger partial charge in [-0.1, -0.05) is 6.07 Å². The molecule has 1 aromatic carbocycles.